The zero-order chi connectivity index (χ0) is 19.3. The van der Waals surface area contributed by atoms with Crippen molar-refractivity contribution in [2.45, 2.75) is 9.79 Å². The van der Waals surface area contributed by atoms with Crippen LogP contribution in [-0.4, -0.2) is 53.2 Å². The summed E-state index contributed by atoms with van der Waals surface area (Å²) in [6.07, 6.45) is 0. The van der Waals surface area contributed by atoms with Crippen molar-refractivity contribution in [1.29, 1.82) is 0 Å². The van der Waals surface area contributed by atoms with Crippen LogP contribution in [0.25, 0.3) is 10.8 Å². The molecule has 0 spiro atoms. The molecule has 0 fully saturated rings. The molecule has 25 heavy (non-hydrogen) atoms. The summed E-state index contributed by atoms with van der Waals surface area (Å²) in [6, 6.07) is 2.71. The van der Waals surface area contributed by atoms with Gasteiger partial charge in [-0.05, 0) is 6.07 Å². The summed E-state index contributed by atoms with van der Waals surface area (Å²) in [5.41, 5.74) is -2.91. The summed E-state index contributed by atoms with van der Waals surface area (Å²) in [6.45, 7) is 0. The van der Waals surface area contributed by atoms with Crippen LogP contribution < -0.4 is 0 Å². The largest absolute Gasteiger partial charge is 0.507 e. The fraction of sp³-hybridized carbons (Fsp3) is 0. The fourth-order valence-corrected chi connectivity index (χ4v) is 4.59. The highest BCUT2D eigenvalue weighted by atomic mass is 32.2. The summed E-state index contributed by atoms with van der Waals surface area (Å²) in [5, 5.41) is 26.7. The number of phenols is 1. The molecule has 2 rings (SSSR count). The van der Waals surface area contributed by atoms with Crippen LogP contribution >= 0.6 is 0 Å². The molecule has 11 nitrogen and oxygen atoms in total. The molecule has 0 unspecified atom stereocenters. The first-order valence-corrected chi connectivity index (χ1v) is 8.89. The lowest BCUT2D eigenvalue weighted by Gasteiger charge is -2.16. The molecule has 2 aromatic rings. The number of hydrogen-bond acceptors (Lipinski definition) is 7. The van der Waals surface area contributed by atoms with Crippen LogP contribution in [0.2, 0.25) is 0 Å². The van der Waals surface area contributed by atoms with Gasteiger partial charge in [0.25, 0.3) is 20.2 Å². The second-order valence-electron chi connectivity index (χ2n) is 4.67. The van der Waals surface area contributed by atoms with Gasteiger partial charge >= 0.3 is 11.9 Å². The van der Waals surface area contributed by atoms with Crippen LogP contribution in [-0.2, 0) is 20.2 Å². The van der Waals surface area contributed by atoms with E-state index in [1.54, 1.807) is 0 Å². The quantitative estimate of drug-likeness (QED) is 0.451. The van der Waals surface area contributed by atoms with Gasteiger partial charge in [-0.1, -0.05) is 12.1 Å². The molecule has 5 N–H and O–H groups in total. The normalized spacial score (nSPS) is 12.2. The highest BCUT2D eigenvalue weighted by Crippen LogP contribution is 2.40. The average molecular weight is 392 g/mol. The smallest absolute Gasteiger partial charge is 0.338 e. The Morgan fingerprint density at radius 3 is 1.68 bits per heavy atom. The van der Waals surface area contributed by atoms with Crippen molar-refractivity contribution in [2.24, 2.45) is 0 Å². The van der Waals surface area contributed by atoms with E-state index in [0.717, 1.165) is 18.2 Å². The minimum Gasteiger partial charge on any atom is -0.507 e. The van der Waals surface area contributed by atoms with Crippen LogP contribution in [0.15, 0.2) is 28.0 Å². The van der Waals surface area contributed by atoms with Gasteiger partial charge in [0.05, 0.1) is 11.1 Å². The lowest BCUT2D eigenvalue weighted by molar-refractivity contribution is 0.0649. The number of carbonyl (C=O) groups is 2. The molecule has 0 aromatic heterocycles. The zero-order valence-corrected chi connectivity index (χ0v) is 13.4. The van der Waals surface area contributed by atoms with Crippen molar-refractivity contribution in [3.63, 3.8) is 0 Å². The average Bonchev–Trinajstić information content (AvgIpc) is 2.42. The highest BCUT2D eigenvalue weighted by Gasteiger charge is 2.38. The van der Waals surface area contributed by atoms with E-state index in [2.05, 4.69) is 0 Å². The molecule has 134 valence electrons. The second kappa shape index (κ2) is 5.66. The van der Waals surface area contributed by atoms with Gasteiger partial charge in [0.2, 0.25) is 0 Å². The Balaban J connectivity index is 3.50. The molecule has 0 bridgehead atoms. The predicted molar refractivity (Wildman–Crippen MR) is 79.2 cm³/mol. The van der Waals surface area contributed by atoms with Gasteiger partial charge in [-0.3, -0.25) is 9.11 Å². The molecule has 0 atom stereocenters. The highest BCUT2D eigenvalue weighted by molar-refractivity contribution is 7.89. The minimum atomic E-state index is -5.62. The first-order valence-electron chi connectivity index (χ1n) is 6.01. The van der Waals surface area contributed by atoms with Gasteiger partial charge in [0, 0.05) is 10.8 Å². The number of aromatic carboxylic acids is 2. The third kappa shape index (κ3) is 3.00. The van der Waals surface area contributed by atoms with E-state index in [1.165, 1.54) is 0 Å². The van der Waals surface area contributed by atoms with Gasteiger partial charge in [-0.2, -0.15) is 16.8 Å². The maximum atomic E-state index is 11.6. The maximum Gasteiger partial charge on any atom is 0.338 e. The van der Waals surface area contributed by atoms with Gasteiger partial charge in [-0.25, -0.2) is 9.59 Å². The summed E-state index contributed by atoms with van der Waals surface area (Å²) in [5.74, 6) is -5.13. The molecule has 0 radical (unpaired) electrons. The second-order valence-corrected chi connectivity index (χ2v) is 7.39. The van der Waals surface area contributed by atoms with Crippen molar-refractivity contribution in [3.8, 4) is 5.75 Å². The van der Waals surface area contributed by atoms with Crippen LogP contribution in [0.4, 0.5) is 0 Å². The number of carboxylic acid groups (broad SMARTS) is 2. The van der Waals surface area contributed by atoms with Crippen molar-refractivity contribution < 1.29 is 50.8 Å². The van der Waals surface area contributed by atoms with E-state index >= 15 is 0 Å². The number of fused-ring (bicyclic) bond motifs is 1. The molecule has 2 aromatic carbocycles. The van der Waals surface area contributed by atoms with Crippen LogP contribution in [0.5, 0.6) is 5.75 Å². The molecule has 0 saturated carbocycles. The van der Waals surface area contributed by atoms with E-state index < -0.39 is 69.6 Å². The van der Waals surface area contributed by atoms with Crippen LogP contribution in [0.1, 0.15) is 20.7 Å². The molecule has 0 amide bonds. The van der Waals surface area contributed by atoms with Crippen molar-refractivity contribution >= 4 is 42.9 Å². The topological polar surface area (TPSA) is 204 Å². The van der Waals surface area contributed by atoms with Crippen LogP contribution in [0, 0.1) is 0 Å². The molecular weight excluding hydrogens is 384 g/mol. The van der Waals surface area contributed by atoms with E-state index in [4.69, 9.17) is 0 Å². The van der Waals surface area contributed by atoms with Crippen LogP contribution in [0.3, 0.4) is 0 Å². The first-order chi connectivity index (χ1) is 11.3. The lowest BCUT2D eigenvalue weighted by Crippen LogP contribution is -2.19. The number of phenolic OH excluding ortho intramolecular Hbond substituents is 1. The predicted octanol–water partition coefficient (Wildman–Crippen LogP) is 0.435. The number of benzene rings is 2. The van der Waals surface area contributed by atoms with Crippen molar-refractivity contribution in [2.75, 3.05) is 0 Å². The molecule has 0 aliphatic rings. The summed E-state index contributed by atoms with van der Waals surface area (Å²) in [7, 11) is -11.1. The third-order valence-electron chi connectivity index (χ3n) is 3.16. The van der Waals surface area contributed by atoms with Gasteiger partial charge in [0.1, 0.15) is 15.5 Å². The van der Waals surface area contributed by atoms with Crippen molar-refractivity contribution in [3.05, 3.63) is 29.3 Å². The third-order valence-corrected chi connectivity index (χ3v) is 5.16. The van der Waals surface area contributed by atoms with Gasteiger partial charge < -0.3 is 15.3 Å². The zero-order valence-electron chi connectivity index (χ0n) is 11.7. The van der Waals surface area contributed by atoms with Gasteiger partial charge in [-0.15, -0.1) is 0 Å². The van der Waals surface area contributed by atoms with E-state index in [9.17, 15) is 50.8 Å². The summed E-state index contributed by atoms with van der Waals surface area (Å²) < 4.78 is 65.1. The Bertz CT molecular complexity index is 1140. The van der Waals surface area contributed by atoms with Crippen molar-refractivity contribution in [1.82, 2.24) is 0 Å². The Hall–Kier alpha value is -2.74. The standard InChI is InChI=1S/C12H8O11S2/c13-5-3-1-2-4-6(5)7(11(14)15)8(12(16)17)10(25(21,22)23)9(4)24(18,19)20/h1-3,13H,(H,14,15)(H,16,17)(H,18,19,20)(H,21,22,23). The Kier molecular flexibility index (Phi) is 4.21. The van der Waals surface area contributed by atoms with Gasteiger partial charge in [0.15, 0.2) is 0 Å². The molecule has 0 aliphatic carbocycles. The minimum absolute atomic E-state index is 0.808. The monoisotopic (exact) mass is 392 g/mol. The summed E-state index contributed by atoms with van der Waals surface area (Å²) in [4.78, 5) is 19.5. The van der Waals surface area contributed by atoms with E-state index in [0.29, 0.717) is 0 Å². The number of rotatable bonds is 4. The number of aromatic hydroxyl groups is 1. The van der Waals surface area contributed by atoms with E-state index in [1.807, 2.05) is 0 Å². The number of carboxylic acids is 2. The lowest BCUT2D eigenvalue weighted by atomic mass is 9.97. The molecule has 0 saturated heterocycles. The fourth-order valence-electron chi connectivity index (χ4n) is 2.39. The first kappa shape index (κ1) is 18.6. The Morgan fingerprint density at radius 1 is 0.800 bits per heavy atom. The Morgan fingerprint density at radius 2 is 1.28 bits per heavy atom. The SMILES string of the molecule is O=C(O)c1c(S(=O)(=O)O)c(S(=O)(=O)O)c2cccc(O)c2c1C(=O)O. The summed E-state index contributed by atoms with van der Waals surface area (Å²) >= 11 is 0. The van der Waals surface area contributed by atoms with E-state index in [-0.39, 0.29) is 0 Å². The maximum absolute atomic E-state index is 11.6. The molecule has 0 aliphatic heterocycles. The molecule has 13 heteroatoms. The molecular formula is C12H8O11S2. The Labute approximate surface area is 139 Å². The molecule has 0 heterocycles. The number of hydrogen-bond donors (Lipinski definition) is 5.